The van der Waals surface area contributed by atoms with Crippen molar-refractivity contribution < 1.29 is 19.1 Å². The summed E-state index contributed by atoms with van der Waals surface area (Å²) >= 11 is 11.8. The van der Waals surface area contributed by atoms with Gasteiger partial charge in [0.05, 0.1) is 5.02 Å². The largest absolute Gasteiger partial charge is 0.482 e. The van der Waals surface area contributed by atoms with E-state index in [0.29, 0.717) is 27.0 Å². The van der Waals surface area contributed by atoms with Gasteiger partial charge in [0.1, 0.15) is 5.75 Å². The second-order valence-electron chi connectivity index (χ2n) is 5.73. The maximum atomic E-state index is 12.1. The fraction of sp³-hybridized carbons (Fsp3) is 0.211. The van der Waals surface area contributed by atoms with E-state index in [0.717, 1.165) is 0 Å². The molecule has 0 saturated carbocycles. The van der Waals surface area contributed by atoms with E-state index in [9.17, 15) is 14.4 Å². The highest BCUT2D eigenvalue weighted by Gasteiger charge is 2.08. The molecule has 0 aliphatic carbocycles. The Labute approximate surface area is 172 Å². The number of hydrogen-bond donors (Lipinski definition) is 3. The van der Waals surface area contributed by atoms with Gasteiger partial charge in [-0.15, -0.1) is 0 Å². The SMILES string of the molecule is CC(=O)Nc1cccc(C(=O)NCCNC(=O)COc2ccc(Cl)cc2Cl)c1. The quantitative estimate of drug-likeness (QED) is 0.568. The molecule has 9 heteroatoms. The van der Waals surface area contributed by atoms with Crippen molar-refractivity contribution in [3.05, 3.63) is 58.1 Å². The first-order valence-electron chi connectivity index (χ1n) is 8.35. The van der Waals surface area contributed by atoms with Crippen molar-refractivity contribution >= 4 is 46.6 Å². The van der Waals surface area contributed by atoms with Crippen LogP contribution in [0.25, 0.3) is 0 Å². The number of carbonyl (C=O) groups excluding carboxylic acids is 3. The van der Waals surface area contributed by atoms with E-state index in [1.807, 2.05) is 0 Å². The zero-order chi connectivity index (χ0) is 20.5. The van der Waals surface area contributed by atoms with Crippen LogP contribution in [0.1, 0.15) is 17.3 Å². The normalized spacial score (nSPS) is 10.1. The molecule has 0 aromatic heterocycles. The van der Waals surface area contributed by atoms with Crippen LogP contribution in [-0.2, 0) is 9.59 Å². The summed E-state index contributed by atoms with van der Waals surface area (Å²) in [4.78, 5) is 35.0. The molecule has 2 aromatic rings. The standard InChI is InChI=1S/C19H19Cl2N3O4/c1-12(25)24-15-4-2-3-13(9-15)19(27)23-8-7-22-18(26)11-28-17-6-5-14(20)10-16(17)21/h2-6,9-10H,7-8,11H2,1H3,(H,22,26)(H,23,27)(H,24,25). The van der Waals surface area contributed by atoms with Gasteiger partial charge in [0.25, 0.3) is 11.8 Å². The molecule has 0 aliphatic heterocycles. The molecule has 2 aromatic carbocycles. The molecule has 3 N–H and O–H groups in total. The first-order valence-corrected chi connectivity index (χ1v) is 9.11. The molecule has 148 valence electrons. The van der Waals surface area contributed by atoms with Crippen molar-refractivity contribution in [2.24, 2.45) is 0 Å². The zero-order valence-corrected chi connectivity index (χ0v) is 16.6. The first kappa shape index (κ1) is 21.5. The third-order valence-electron chi connectivity index (χ3n) is 3.43. The molecule has 0 fully saturated rings. The molecule has 0 unspecified atom stereocenters. The van der Waals surface area contributed by atoms with E-state index in [-0.39, 0.29) is 37.4 Å². The van der Waals surface area contributed by atoms with Gasteiger partial charge in [-0.2, -0.15) is 0 Å². The van der Waals surface area contributed by atoms with Gasteiger partial charge in [-0.25, -0.2) is 0 Å². The monoisotopic (exact) mass is 423 g/mol. The van der Waals surface area contributed by atoms with Crippen LogP contribution < -0.4 is 20.7 Å². The fourth-order valence-corrected chi connectivity index (χ4v) is 2.67. The summed E-state index contributed by atoms with van der Waals surface area (Å²) < 4.78 is 5.32. The van der Waals surface area contributed by atoms with Crippen LogP contribution in [0.5, 0.6) is 5.75 Å². The Bertz CT molecular complexity index is 874. The maximum Gasteiger partial charge on any atom is 0.258 e. The Balaban J connectivity index is 1.71. The second-order valence-corrected chi connectivity index (χ2v) is 6.57. The summed E-state index contributed by atoms with van der Waals surface area (Å²) in [5, 5.41) is 8.70. The number of ether oxygens (including phenoxy) is 1. The van der Waals surface area contributed by atoms with Crippen LogP contribution in [0.4, 0.5) is 5.69 Å². The van der Waals surface area contributed by atoms with E-state index in [4.69, 9.17) is 27.9 Å². The molecule has 0 aliphatic rings. The van der Waals surface area contributed by atoms with Crippen LogP contribution in [-0.4, -0.2) is 37.4 Å². The molecular weight excluding hydrogens is 405 g/mol. The van der Waals surface area contributed by atoms with E-state index < -0.39 is 0 Å². The van der Waals surface area contributed by atoms with Crippen molar-refractivity contribution in [1.29, 1.82) is 0 Å². The highest BCUT2D eigenvalue weighted by molar-refractivity contribution is 6.35. The van der Waals surface area contributed by atoms with Gasteiger partial charge >= 0.3 is 0 Å². The summed E-state index contributed by atoms with van der Waals surface area (Å²) in [5.74, 6) is -0.533. The number of carbonyl (C=O) groups is 3. The van der Waals surface area contributed by atoms with Crippen LogP contribution in [0, 0.1) is 0 Å². The van der Waals surface area contributed by atoms with Crippen LogP contribution in [0.2, 0.25) is 10.0 Å². The minimum atomic E-state index is -0.354. The number of amides is 3. The van der Waals surface area contributed by atoms with Gasteiger partial charge in [0, 0.05) is 36.3 Å². The van der Waals surface area contributed by atoms with Crippen molar-refractivity contribution in [1.82, 2.24) is 10.6 Å². The molecule has 0 atom stereocenters. The molecular formula is C19H19Cl2N3O4. The van der Waals surface area contributed by atoms with Gasteiger partial charge in [-0.05, 0) is 36.4 Å². The lowest BCUT2D eigenvalue weighted by Crippen LogP contribution is -2.36. The smallest absolute Gasteiger partial charge is 0.258 e. The summed E-state index contributed by atoms with van der Waals surface area (Å²) in [6.07, 6.45) is 0. The number of benzene rings is 2. The lowest BCUT2D eigenvalue weighted by molar-refractivity contribution is -0.123. The van der Waals surface area contributed by atoms with Crippen LogP contribution in [0.15, 0.2) is 42.5 Å². The topological polar surface area (TPSA) is 96.5 Å². The lowest BCUT2D eigenvalue weighted by Gasteiger charge is -2.10. The minimum absolute atomic E-state index is 0.214. The molecule has 0 bridgehead atoms. The van der Waals surface area contributed by atoms with Crippen molar-refractivity contribution in [3.8, 4) is 5.75 Å². The van der Waals surface area contributed by atoms with E-state index in [2.05, 4.69) is 16.0 Å². The Kier molecular flexibility index (Phi) is 8.10. The minimum Gasteiger partial charge on any atom is -0.482 e. The molecule has 0 radical (unpaired) electrons. The van der Waals surface area contributed by atoms with Crippen LogP contribution >= 0.6 is 23.2 Å². The number of rotatable bonds is 8. The predicted octanol–water partition coefficient (Wildman–Crippen LogP) is 2.88. The third-order valence-corrected chi connectivity index (χ3v) is 3.96. The fourth-order valence-electron chi connectivity index (χ4n) is 2.21. The average Bonchev–Trinajstić information content (AvgIpc) is 2.64. The van der Waals surface area contributed by atoms with Crippen molar-refractivity contribution in [2.75, 3.05) is 25.0 Å². The number of hydrogen-bond acceptors (Lipinski definition) is 4. The Morgan fingerprint density at radius 2 is 1.75 bits per heavy atom. The van der Waals surface area contributed by atoms with E-state index >= 15 is 0 Å². The van der Waals surface area contributed by atoms with E-state index in [1.165, 1.54) is 13.0 Å². The summed E-state index contributed by atoms with van der Waals surface area (Å²) in [7, 11) is 0. The molecule has 0 spiro atoms. The highest BCUT2D eigenvalue weighted by atomic mass is 35.5. The van der Waals surface area contributed by atoms with Gasteiger partial charge in [0.15, 0.2) is 6.61 Å². The lowest BCUT2D eigenvalue weighted by atomic mass is 10.2. The number of nitrogens with one attached hydrogen (secondary N) is 3. The Morgan fingerprint density at radius 3 is 2.46 bits per heavy atom. The first-order chi connectivity index (χ1) is 13.3. The second kappa shape index (κ2) is 10.5. The Hall–Kier alpha value is -2.77. The molecule has 0 saturated heterocycles. The van der Waals surface area contributed by atoms with Gasteiger partial charge in [0.2, 0.25) is 5.91 Å². The number of halogens is 2. The molecule has 0 heterocycles. The number of anilines is 1. The van der Waals surface area contributed by atoms with Gasteiger partial charge in [-0.1, -0.05) is 29.3 Å². The molecule has 28 heavy (non-hydrogen) atoms. The maximum absolute atomic E-state index is 12.1. The zero-order valence-electron chi connectivity index (χ0n) is 15.1. The van der Waals surface area contributed by atoms with Crippen LogP contribution in [0.3, 0.4) is 0 Å². The molecule has 3 amide bonds. The van der Waals surface area contributed by atoms with Gasteiger partial charge in [-0.3, -0.25) is 14.4 Å². The summed E-state index contributed by atoms with van der Waals surface area (Å²) in [6.45, 7) is 1.64. The van der Waals surface area contributed by atoms with Crippen molar-refractivity contribution in [3.63, 3.8) is 0 Å². The van der Waals surface area contributed by atoms with Crippen molar-refractivity contribution in [2.45, 2.75) is 6.92 Å². The highest BCUT2D eigenvalue weighted by Crippen LogP contribution is 2.27. The summed E-state index contributed by atoms with van der Waals surface area (Å²) in [5.41, 5.74) is 0.935. The summed E-state index contributed by atoms with van der Waals surface area (Å²) in [6, 6.07) is 11.3. The van der Waals surface area contributed by atoms with Gasteiger partial charge < -0.3 is 20.7 Å². The van der Waals surface area contributed by atoms with E-state index in [1.54, 1.807) is 36.4 Å². The molecule has 2 rings (SSSR count). The Morgan fingerprint density at radius 1 is 1.00 bits per heavy atom. The predicted molar refractivity (Wildman–Crippen MR) is 108 cm³/mol. The molecule has 7 nitrogen and oxygen atoms in total. The third kappa shape index (κ3) is 7.09. The average molecular weight is 424 g/mol.